The van der Waals surface area contributed by atoms with Crippen molar-refractivity contribution in [3.8, 4) is 17.1 Å². The third kappa shape index (κ3) is 5.71. The van der Waals surface area contributed by atoms with Gasteiger partial charge in [0.25, 0.3) is 0 Å². The highest BCUT2D eigenvalue weighted by molar-refractivity contribution is 8.00. The number of hydrogen-bond acceptors (Lipinski definition) is 7. The summed E-state index contributed by atoms with van der Waals surface area (Å²) in [4.78, 5) is 12.3. The Labute approximate surface area is 175 Å². The maximum Gasteiger partial charge on any atom is 0.233 e. The maximum atomic E-state index is 12.3. The highest BCUT2D eigenvalue weighted by Crippen LogP contribution is 2.29. The molecule has 0 saturated carbocycles. The normalized spacial score (nSPS) is 17.3. The summed E-state index contributed by atoms with van der Waals surface area (Å²) in [5.74, 6) is 1.50. The number of thioether (sulfide) groups is 1. The van der Waals surface area contributed by atoms with Crippen LogP contribution in [0.2, 0.25) is 0 Å². The fraction of sp³-hybridized carbons (Fsp3) is 0.550. The Balaban J connectivity index is 1.80. The number of carbonyl (C=O) groups is 1. The maximum absolute atomic E-state index is 12.3. The molecule has 1 aromatic carbocycles. The monoisotopic (exact) mass is 420 g/mol. The molecule has 3 rings (SSSR count). The number of benzene rings is 1. The van der Waals surface area contributed by atoms with Crippen molar-refractivity contribution in [2.75, 3.05) is 34.0 Å². The van der Waals surface area contributed by atoms with Crippen LogP contribution in [0.25, 0.3) is 11.4 Å². The molecular weight excluding hydrogens is 392 g/mol. The molecule has 1 aliphatic rings. The summed E-state index contributed by atoms with van der Waals surface area (Å²) in [5.41, 5.74) is 0.945. The minimum atomic E-state index is -0.303. The number of nitrogens with zero attached hydrogens (tertiary/aromatic N) is 3. The van der Waals surface area contributed by atoms with Crippen LogP contribution in [-0.2, 0) is 20.8 Å². The number of nitrogens with one attached hydrogen (secondary N) is 1. The first-order chi connectivity index (χ1) is 14.1. The van der Waals surface area contributed by atoms with Crippen molar-refractivity contribution < 1.29 is 19.0 Å². The molecule has 0 aliphatic carbocycles. The summed E-state index contributed by atoms with van der Waals surface area (Å²) in [6.07, 6.45) is 2.20. The standard InChI is InChI=1S/C20H28N4O4S/c1-14(19(25)21-10-12-26-2)29-20-23-22-18(15-6-8-16(27-3)9-7-15)24(20)13-17-5-4-11-28-17/h6-9,14,17H,4-5,10-13H2,1-3H3,(H,21,25)/t14-,17+/m1/s1. The second-order valence-electron chi connectivity index (χ2n) is 6.82. The lowest BCUT2D eigenvalue weighted by molar-refractivity contribution is -0.120. The molecule has 0 unspecified atom stereocenters. The van der Waals surface area contributed by atoms with Gasteiger partial charge in [-0.25, -0.2) is 0 Å². The first-order valence-electron chi connectivity index (χ1n) is 9.75. The molecule has 158 valence electrons. The first kappa shape index (κ1) is 21.6. The Morgan fingerprint density at radius 3 is 2.79 bits per heavy atom. The van der Waals surface area contributed by atoms with Crippen molar-refractivity contribution in [3.05, 3.63) is 24.3 Å². The zero-order valence-electron chi connectivity index (χ0n) is 17.1. The second kappa shape index (κ2) is 10.6. The fourth-order valence-corrected chi connectivity index (χ4v) is 4.00. The van der Waals surface area contributed by atoms with Gasteiger partial charge in [-0.1, -0.05) is 11.8 Å². The molecule has 2 atom stereocenters. The first-order valence-corrected chi connectivity index (χ1v) is 10.6. The zero-order valence-corrected chi connectivity index (χ0v) is 17.9. The van der Waals surface area contributed by atoms with Crippen LogP contribution in [0.1, 0.15) is 19.8 Å². The SMILES string of the molecule is COCCNC(=O)[C@@H](C)Sc1nnc(-c2ccc(OC)cc2)n1C[C@@H]1CCCO1. The average molecular weight is 421 g/mol. The molecule has 1 N–H and O–H groups in total. The third-order valence-electron chi connectivity index (χ3n) is 4.73. The van der Waals surface area contributed by atoms with Gasteiger partial charge in [-0.15, -0.1) is 10.2 Å². The van der Waals surface area contributed by atoms with Gasteiger partial charge in [0.2, 0.25) is 5.91 Å². The molecule has 2 aromatic rings. The van der Waals surface area contributed by atoms with Crippen LogP contribution in [0.3, 0.4) is 0 Å². The van der Waals surface area contributed by atoms with Crippen molar-refractivity contribution in [1.29, 1.82) is 0 Å². The molecule has 0 radical (unpaired) electrons. The summed E-state index contributed by atoms with van der Waals surface area (Å²) in [5, 5.41) is 12.1. The highest BCUT2D eigenvalue weighted by atomic mass is 32.2. The van der Waals surface area contributed by atoms with Crippen LogP contribution in [-0.4, -0.2) is 66.0 Å². The molecular formula is C20H28N4O4S. The summed E-state index contributed by atoms with van der Waals surface area (Å²) >= 11 is 1.40. The van der Waals surface area contributed by atoms with Crippen LogP contribution in [0.5, 0.6) is 5.75 Å². The van der Waals surface area contributed by atoms with E-state index in [0.29, 0.717) is 24.9 Å². The summed E-state index contributed by atoms with van der Waals surface area (Å²) in [7, 11) is 3.25. The number of methoxy groups -OCH3 is 2. The van der Waals surface area contributed by atoms with Crippen LogP contribution < -0.4 is 10.1 Å². The second-order valence-corrected chi connectivity index (χ2v) is 8.13. The molecule has 1 aromatic heterocycles. The smallest absolute Gasteiger partial charge is 0.233 e. The van der Waals surface area contributed by atoms with E-state index >= 15 is 0 Å². The molecule has 1 saturated heterocycles. The molecule has 1 fully saturated rings. The van der Waals surface area contributed by atoms with Crippen molar-refractivity contribution in [1.82, 2.24) is 20.1 Å². The minimum Gasteiger partial charge on any atom is -0.497 e. The Kier molecular flexibility index (Phi) is 7.91. The molecule has 8 nitrogen and oxygen atoms in total. The van der Waals surface area contributed by atoms with E-state index in [2.05, 4.69) is 20.1 Å². The molecule has 0 spiro atoms. The van der Waals surface area contributed by atoms with E-state index in [1.54, 1.807) is 14.2 Å². The van der Waals surface area contributed by atoms with Crippen molar-refractivity contribution in [2.45, 2.75) is 42.8 Å². The van der Waals surface area contributed by atoms with Gasteiger partial charge in [-0.05, 0) is 44.0 Å². The highest BCUT2D eigenvalue weighted by Gasteiger charge is 2.24. The molecule has 1 aliphatic heterocycles. The fourth-order valence-electron chi connectivity index (χ4n) is 3.12. The Morgan fingerprint density at radius 2 is 2.14 bits per heavy atom. The summed E-state index contributed by atoms with van der Waals surface area (Å²) in [6.45, 7) is 4.28. The Bertz CT molecular complexity index is 790. The van der Waals surface area contributed by atoms with Crippen LogP contribution >= 0.6 is 11.8 Å². The minimum absolute atomic E-state index is 0.0512. The van der Waals surface area contributed by atoms with E-state index in [4.69, 9.17) is 14.2 Å². The van der Waals surface area contributed by atoms with Gasteiger partial charge in [-0.3, -0.25) is 9.36 Å². The number of hydrogen-bond donors (Lipinski definition) is 1. The number of ether oxygens (including phenoxy) is 3. The van der Waals surface area contributed by atoms with E-state index in [9.17, 15) is 4.79 Å². The lowest BCUT2D eigenvalue weighted by Gasteiger charge is -2.16. The van der Waals surface area contributed by atoms with E-state index in [-0.39, 0.29) is 17.3 Å². The van der Waals surface area contributed by atoms with E-state index in [1.165, 1.54) is 11.8 Å². The molecule has 9 heteroatoms. The van der Waals surface area contributed by atoms with Crippen molar-refractivity contribution >= 4 is 17.7 Å². The van der Waals surface area contributed by atoms with Gasteiger partial charge < -0.3 is 19.5 Å². The van der Waals surface area contributed by atoms with Crippen LogP contribution in [0.15, 0.2) is 29.4 Å². The predicted octanol–water partition coefficient (Wildman–Crippen LogP) is 2.38. The van der Waals surface area contributed by atoms with Crippen molar-refractivity contribution in [3.63, 3.8) is 0 Å². The molecule has 0 bridgehead atoms. The number of rotatable bonds is 10. The van der Waals surface area contributed by atoms with E-state index in [0.717, 1.165) is 36.6 Å². The molecule has 2 heterocycles. The van der Waals surface area contributed by atoms with Crippen LogP contribution in [0.4, 0.5) is 0 Å². The molecule has 1 amide bonds. The Hall–Kier alpha value is -2.10. The third-order valence-corrected chi connectivity index (χ3v) is 5.81. The topological polar surface area (TPSA) is 87.5 Å². The van der Waals surface area contributed by atoms with Gasteiger partial charge in [0.15, 0.2) is 11.0 Å². The number of carbonyl (C=O) groups excluding carboxylic acids is 1. The van der Waals surface area contributed by atoms with E-state index in [1.807, 2.05) is 31.2 Å². The van der Waals surface area contributed by atoms with Gasteiger partial charge in [0, 0.05) is 25.8 Å². The van der Waals surface area contributed by atoms with Gasteiger partial charge in [0.1, 0.15) is 5.75 Å². The lowest BCUT2D eigenvalue weighted by atomic mass is 10.2. The molecule has 29 heavy (non-hydrogen) atoms. The largest absolute Gasteiger partial charge is 0.497 e. The zero-order chi connectivity index (χ0) is 20.6. The Morgan fingerprint density at radius 1 is 1.34 bits per heavy atom. The lowest BCUT2D eigenvalue weighted by Crippen LogP contribution is -2.33. The average Bonchev–Trinajstić information content (AvgIpc) is 3.39. The van der Waals surface area contributed by atoms with Gasteiger partial charge in [-0.2, -0.15) is 0 Å². The summed E-state index contributed by atoms with van der Waals surface area (Å²) < 4.78 is 18.1. The predicted molar refractivity (Wildman–Crippen MR) is 111 cm³/mol. The van der Waals surface area contributed by atoms with E-state index < -0.39 is 0 Å². The van der Waals surface area contributed by atoms with Crippen LogP contribution in [0, 0.1) is 0 Å². The quantitative estimate of drug-likeness (QED) is 0.466. The number of amides is 1. The van der Waals surface area contributed by atoms with Gasteiger partial charge >= 0.3 is 0 Å². The number of aromatic nitrogens is 3. The summed E-state index contributed by atoms with van der Waals surface area (Å²) in [6, 6.07) is 7.73. The van der Waals surface area contributed by atoms with Gasteiger partial charge in [0.05, 0.1) is 31.6 Å². The van der Waals surface area contributed by atoms with Crippen molar-refractivity contribution in [2.24, 2.45) is 0 Å².